The van der Waals surface area contributed by atoms with Crippen LogP contribution in [-0.2, 0) is 5.41 Å². The van der Waals surface area contributed by atoms with Crippen molar-refractivity contribution in [3.05, 3.63) is 42.0 Å². The fourth-order valence-electron chi connectivity index (χ4n) is 1.89. The van der Waals surface area contributed by atoms with Crippen molar-refractivity contribution in [2.75, 3.05) is 0 Å². The normalized spacial score (nSPS) is 12.2. The monoisotopic (exact) mass is 268 g/mol. The molecule has 0 atom stereocenters. The van der Waals surface area contributed by atoms with Gasteiger partial charge in [0.05, 0.1) is 5.69 Å². The highest BCUT2D eigenvalue weighted by molar-refractivity contribution is 5.66. The Morgan fingerprint density at radius 1 is 1.11 bits per heavy atom. The molecule has 2 nitrogen and oxygen atoms in total. The van der Waals surface area contributed by atoms with E-state index in [1.807, 2.05) is 20.8 Å². The van der Waals surface area contributed by atoms with Gasteiger partial charge in [-0.1, -0.05) is 32.9 Å². The lowest BCUT2D eigenvalue weighted by molar-refractivity contribution is 0.0558. The van der Waals surface area contributed by atoms with E-state index >= 15 is 0 Å². The largest absolute Gasteiger partial charge is 0.333 e. The minimum Gasteiger partial charge on any atom is -0.211 e. The molecule has 0 saturated heterocycles. The highest BCUT2D eigenvalue weighted by Crippen LogP contribution is 2.33. The first-order chi connectivity index (χ1) is 8.79. The van der Waals surface area contributed by atoms with E-state index in [0.717, 1.165) is 0 Å². The third kappa shape index (κ3) is 2.80. The molecule has 2 aromatic rings. The molecule has 0 spiro atoms. The number of hydrogen-bond donors (Lipinski definition) is 0. The fraction of sp³-hybridized carbons (Fsp3) is 0.357. The number of aromatic nitrogens is 2. The van der Waals surface area contributed by atoms with Crippen LogP contribution < -0.4 is 0 Å². The maximum atomic E-state index is 12.9. The van der Waals surface area contributed by atoms with Gasteiger partial charge in [0.2, 0.25) is 0 Å². The van der Waals surface area contributed by atoms with Crippen molar-refractivity contribution in [2.24, 2.45) is 0 Å². The highest BCUT2D eigenvalue weighted by atomic mass is 19.3. The quantitative estimate of drug-likeness (QED) is 0.790. The number of benzene rings is 1. The molecule has 0 aliphatic carbocycles. The Balaban J connectivity index is 2.57. The van der Waals surface area contributed by atoms with Gasteiger partial charge in [0.25, 0.3) is 0 Å². The average Bonchev–Trinajstić information content (AvgIpc) is 2.74. The maximum absolute atomic E-state index is 12.9. The first-order valence-electron chi connectivity index (χ1n) is 5.93. The van der Waals surface area contributed by atoms with E-state index in [1.54, 1.807) is 12.1 Å². The number of nitrogens with zero attached hydrogens (tertiary/aromatic N) is 2. The summed E-state index contributed by atoms with van der Waals surface area (Å²) in [6.07, 6.45) is 1.30. The molecule has 0 N–H and O–H groups in total. The van der Waals surface area contributed by atoms with Crippen LogP contribution in [0.1, 0.15) is 33.0 Å². The van der Waals surface area contributed by atoms with E-state index in [1.165, 1.54) is 18.3 Å². The molecule has 0 aliphatic heterocycles. The Hall–Kier alpha value is -1.78. The molecule has 0 radical (unpaired) electrons. The predicted octanol–water partition coefficient (Wildman–Crippen LogP) is 4.38. The van der Waals surface area contributed by atoms with Crippen molar-refractivity contribution in [1.29, 1.82) is 0 Å². The Morgan fingerprint density at radius 2 is 1.68 bits per heavy atom. The molecule has 0 aliphatic rings. The van der Waals surface area contributed by atoms with Gasteiger partial charge in [-0.3, -0.25) is 0 Å². The Bertz CT molecular complexity index is 565. The van der Waals surface area contributed by atoms with Crippen LogP contribution >= 0.6 is 0 Å². The van der Waals surface area contributed by atoms with Crippen LogP contribution in [0.4, 0.5) is 13.2 Å². The highest BCUT2D eigenvalue weighted by Gasteiger charge is 2.25. The van der Waals surface area contributed by atoms with Gasteiger partial charge in [-0.25, -0.2) is 9.07 Å². The summed E-state index contributed by atoms with van der Waals surface area (Å²) in [7, 11) is 0. The molecule has 5 heteroatoms. The zero-order valence-electron chi connectivity index (χ0n) is 11.0. The van der Waals surface area contributed by atoms with E-state index in [0.29, 0.717) is 21.5 Å². The van der Waals surface area contributed by atoms with Gasteiger partial charge in [-0.2, -0.15) is 13.9 Å². The predicted molar refractivity (Wildman–Crippen MR) is 67.6 cm³/mol. The Morgan fingerprint density at radius 3 is 2.16 bits per heavy atom. The smallest absolute Gasteiger partial charge is 0.211 e. The molecule has 1 heterocycles. The first kappa shape index (κ1) is 13.6. The Kier molecular flexibility index (Phi) is 3.39. The van der Waals surface area contributed by atoms with E-state index in [2.05, 4.69) is 5.10 Å². The van der Waals surface area contributed by atoms with E-state index in [4.69, 9.17) is 0 Å². The lowest BCUT2D eigenvalue weighted by Gasteiger charge is -2.17. The third-order valence-electron chi connectivity index (χ3n) is 2.80. The van der Waals surface area contributed by atoms with Crippen LogP contribution in [0.25, 0.3) is 11.1 Å². The third-order valence-corrected chi connectivity index (χ3v) is 2.80. The first-order valence-corrected chi connectivity index (χ1v) is 5.93. The fourth-order valence-corrected chi connectivity index (χ4v) is 1.89. The molecule has 1 aromatic carbocycles. The van der Waals surface area contributed by atoms with E-state index in [9.17, 15) is 13.2 Å². The summed E-state index contributed by atoms with van der Waals surface area (Å²) in [6.45, 7) is 3.02. The van der Waals surface area contributed by atoms with Crippen molar-refractivity contribution in [3.8, 4) is 11.1 Å². The molecule has 2 rings (SSSR count). The Labute approximate surface area is 109 Å². The SMILES string of the molecule is CC(C)(C)c1nn(C(F)F)cc1-c1ccc(F)cc1. The molecule has 0 fully saturated rings. The molecule has 0 amide bonds. The van der Waals surface area contributed by atoms with Crippen LogP contribution in [-0.4, -0.2) is 9.78 Å². The number of rotatable bonds is 2. The second-order valence-electron chi connectivity index (χ2n) is 5.41. The summed E-state index contributed by atoms with van der Waals surface area (Å²) in [5, 5.41) is 3.95. The van der Waals surface area contributed by atoms with Crippen LogP contribution in [0.15, 0.2) is 30.5 Å². The van der Waals surface area contributed by atoms with Gasteiger partial charge >= 0.3 is 6.55 Å². The number of alkyl halides is 2. The lowest BCUT2D eigenvalue weighted by Crippen LogP contribution is -2.14. The van der Waals surface area contributed by atoms with Crippen molar-refractivity contribution in [1.82, 2.24) is 9.78 Å². The number of halogens is 3. The summed E-state index contributed by atoms with van der Waals surface area (Å²) in [5.74, 6) is -0.359. The molecule has 0 saturated carbocycles. The van der Waals surface area contributed by atoms with E-state index < -0.39 is 6.55 Å². The lowest BCUT2D eigenvalue weighted by atomic mass is 9.87. The van der Waals surface area contributed by atoms with Crippen LogP contribution in [0, 0.1) is 5.82 Å². The maximum Gasteiger partial charge on any atom is 0.333 e. The zero-order valence-corrected chi connectivity index (χ0v) is 11.0. The minimum atomic E-state index is -2.68. The van der Waals surface area contributed by atoms with Gasteiger partial charge in [0, 0.05) is 17.2 Å². The van der Waals surface area contributed by atoms with Gasteiger partial charge in [-0.15, -0.1) is 0 Å². The van der Waals surface area contributed by atoms with Crippen LogP contribution in [0.2, 0.25) is 0 Å². The molecular weight excluding hydrogens is 253 g/mol. The minimum absolute atomic E-state index is 0.359. The second kappa shape index (κ2) is 4.72. The molecule has 0 unspecified atom stereocenters. The van der Waals surface area contributed by atoms with Crippen LogP contribution in [0.5, 0.6) is 0 Å². The zero-order chi connectivity index (χ0) is 14.2. The van der Waals surface area contributed by atoms with Crippen LogP contribution in [0.3, 0.4) is 0 Å². The van der Waals surface area contributed by atoms with Crippen molar-refractivity contribution < 1.29 is 13.2 Å². The molecular formula is C14H15F3N2. The summed E-state index contributed by atoms with van der Waals surface area (Å²) in [5.41, 5.74) is 1.48. The summed E-state index contributed by atoms with van der Waals surface area (Å²) < 4.78 is 39.1. The molecule has 0 bridgehead atoms. The van der Waals surface area contributed by atoms with Crippen molar-refractivity contribution in [3.63, 3.8) is 0 Å². The van der Waals surface area contributed by atoms with Gasteiger partial charge in [0.15, 0.2) is 0 Å². The van der Waals surface area contributed by atoms with Crippen molar-refractivity contribution in [2.45, 2.75) is 32.7 Å². The number of hydrogen-bond acceptors (Lipinski definition) is 1. The van der Waals surface area contributed by atoms with Gasteiger partial charge < -0.3 is 0 Å². The summed E-state index contributed by atoms with van der Waals surface area (Å²) in [6, 6.07) is 5.75. The second-order valence-corrected chi connectivity index (χ2v) is 5.41. The average molecular weight is 268 g/mol. The van der Waals surface area contributed by atoms with E-state index in [-0.39, 0.29) is 11.2 Å². The molecule has 19 heavy (non-hydrogen) atoms. The standard InChI is InChI=1S/C14H15F3N2/c1-14(2,3)12-11(8-19(18-12)13(16)17)9-4-6-10(15)7-5-9/h4-8,13H,1-3H3. The summed E-state index contributed by atoms with van der Waals surface area (Å²) in [4.78, 5) is 0. The van der Waals surface area contributed by atoms with Crippen molar-refractivity contribution >= 4 is 0 Å². The molecule has 1 aromatic heterocycles. The van der Waals surface area contributed by atoms with Gasteiger partial charge in [-0.05, 0) is 17.7 Å². The summed E-state index contributed by atoms with van der Waals surface area (Å²) >= 11 is 0. The van der Waals surface area contributed by atoms with Gasteiger partial charge in [0.1, 0.15) is 5.82 Å². The topological polar surface area (TPSA) is 17.8 Å². The molecule has 102 valence electrons.